The van der Waals surface area contributed by atoms with Crippen molar-refractivity contribution in [3.05, 3.63) is 74.8 Å². The summed E-state index contributed by atoms with van der Waals surface area (Å²) >= 11 is 0. The Kier molecular flexibility index (Phi) is 5.64. The number of methoxy groups -OCH3 is 1. The molecule has 0 fully saturated rings. The second-order valence-electron chi connectivity index (χ2n) is 5.20. The molecule has 0 aliphatic heterocycles. The monoisotopic (exact) mass is 336 g/mol. The number of ketones is 1. The number of Topliss-reactive ketones (excluding diaryl/α,β-unsaturated/α-hetero) is 1. The van der Waals surface area contributed by atoms with Crippen molar-refractivity contribution in [3.63, 3.8) is 0 Å². The van der Waals surface area contributed by atoms with Crippen LogP contribution in [0.15, 0.2) is 48.0 Å². The molecule has 126 valence electrons. The number of hydrogen-bond donors (Lipinski definition) is 0. The topological polar surface area (TPSA) is 93.2 Å². The van der Waals surface area contributed by atoms with Crippen LogP contribution in [0.4, 0.5) is 5.69 Å². The summed E-state index contributed by atoms with van der Waals surface area (Å²) in [6.45, 7) is 1.82. The van der Waals surface area contributed by atoms with Crippen LogP contribution in [0.5, 0.6) is 5.75 Å². The summed E-state index contributed by atoms with van der Waals surface area (Å²) in [6.07, 6.45) is 1.87. The molecule has 0 spiro atoms. The Morgan fingerprint density at radius 3 is 2.64 bits per heavy atom. The molecule has 0 radical (unpaired) electrons. The van der Waals surface area contributed by atoms with Crippen LogP contribution in [0, 0.1) is 21.4 Å². The maximum Gasteiger partial charge on any atom is 0.273 e. The maximum atomic E-state index is 12.6. The summed E-state index contributed by atoms with van der Waals surface area (Å²) in [7, 11) is 1.44. The van der Waals surface area contributed by atoms with E-state index < -0.39 is 10.7 Å². The second-order valence-corrected chi connectivity index (χ2v) is 5.20. The molecule has 0 heterocycles. The highest BCUT2D eigenvalue weighted by atomic mass is 16.6. The number of hydrogen-bond acceptors (Lipinski definition) is 5. The lowest BCUT2D eigenvalue weighted by molar-refractivity contribution is -0.385. The van der Waals surface area contributed by atoms with Crippen molar-refractivity contribution in [1.29, 1.82) is 5.26 Å². The van der Waals surface area contributed by atoms with E-state index in [-0.39, 0.29) is 16.8 Å². The van der Waals surface area contributed by atoms with Gasteiger partial charge < -0.3 is 4.74 Å². The van der Waals surface area contributed by atoms with Crippen molar-refractivity contribution >= 4 is 17.5 Å². The number of carbonyl (C=O) groups is 1. The van der Waals surface area contributed by atoms with Crippen LogP contribution in [0.25, 0.3) is 6.08 Å². The fourth-order valence-electron chi connectivity index (χ4n) is 2.43. The van der Waals surface area contributed by atoms with Crippen LogP contribution < -0.4 is 4.74 Å². The van der Waals surface area contributed by atoms with Crippen molar-refractivity contribution < 1.29 is 14.5 Å². The molecule has 2 aromatic rings. The Hall–Kier alpha value is -3.46. The summed E-state index contributed by atoms with van der Waals surface area (Å²) in [5.41, 5.74) is 1.12. The first-order chi connectivity index (χ1) is 12.0. The largest absolute Gasteiger partial charge is 0.496 e. The molecule has 0 saturated carbocycles. The lowest BCUT2D eigenvalue weighted by atomic mass is 10.00. The molecule has 0 N–H and O–H groups in total. The van der Waals surface area contributed by atoms with Crippen molar-refractivity contribution in [1.82, 2.24) is 0 Å². The number of nitrogens with zero attached hydrogens (tertiary/aromatic N) is 2. The third-order valence-electron chi connectivity index (χ3n) is 3.71. The summed E-state index contributed by atoms with van der Waals surface area (Å²) in [6, 6.07) is 13.1. The maximum absolute atomic E-state index is 12.6. The van der Waals surface area contributed by atoms with Crippen molar-refractivity contribution in [2.24, 2.45) is 0 Å². The third kappa shape index (κ3) is 3.90. The van der Waals surface area contributed by atoms with Gasteiger partial charge in [-0.25, -0.2) is 0 Å². The summed E-state index contributed by atoms with van der Waals surface area (Å²) in [5, 5.41) is 20.5. The van der Waals surface area contributed by atoms with Gasteiger partial charge in [-0.3, -0.25) is 14.9 Å². The Bertz CT molecular complexity index is 895. The average Bonchev–Trinajstić information content (AvgIpc) is 2.65. The molecule has 0 aromatic heterocycles. The van der Waals surface area contributed by atoms with Gasteiger partial charge >= 0.3 is 0 Å². The van der Waals surface area contributed by atoms with E-state index in [0.717, 1.165) is 0 Å². The van der Waals surface area contributed by atoms with Crippen LogP contribution >= 0.6 is 0 Å². The lowest BCUT2D eigenvalue weighted by Crippen LogP contribution is -2.04. The second kappa shape index (κ2) is 7.88. The van der Waals surface area contributed by atoms with E-state index in [1.54, 1.807) is 36.4 Å². The number of para-hydroxylation sites is 1. The highest BCUT2D eigenvalue weighted by Gasteiger charge is 2.18. The average molecular weight is 336 g/mol. The van der Waals surface area contributed by atoms with Crippen molar-refractivity contribution in [2.75, 3.05) is 7.11 Å². The van der Waals surface area contributed by atoms with Gasteiger partial charge in [0.05, 0.1) is 17.6 Å². The number of ether oxygens (including phenoxy) is 1. The van der Waals surface area contributed by atoms with E-state index in [2.05, 4.69) is 0 Å². The first-order valence-corrected chi connectivity index (χ1v) is 7.58. The lowest BCUT2D eigenvalue weighted by Gasteiger charge is -2.06. The fraction of sp³-hybridized carbons (Fsp3) is 0.158. The molecule has 0 unspecified atom stereocenters. The molecular weight excluding hydrogens is 320 g/mol. The minimum absolute atomic E-state index is 0.0294. The summed E-state index contributed by atoms with van der Waals surface area (Å²) in [5.74, 6) is -0.136. The Balaban J connectivity index is 2.47. The number of nitro groups is 1. The fourth-order valence-corrected chi connectivity index (χ4v) is 2.43. The first-order valence-electron chi connectivity index (χ1n) is 7.58. The zero-order valence-corrected chi connectivity index (χ0v) is 13.9. The molecule has 6 nitrogen and oxygen atoms in total. The van der Waals surface area contributed by atoms with Gasteiger partial charge in [0.25, 0.3) is 5.69 Å². The number of benzene rings is 2. The van der Waals surface area contributed by atoms with Crippen LogP contribution in [0.2, 0.25) is 0 Å². The normalized spacial score (nSPS) is 10.8. The molecule has 2 rings (SSSR count). The molecule has 0 amide bonds. The van der Waals surface area contributed by atoms with Crippen LogP contribution in [0.3, 0.4) is 0 Å². The number of nitriles is 1. The molecule has 0 aliphatic rings. The number of carbonyl (C=O) groups excluding carboxylic acids is 1. The van der Waals surface area contributed by atoms with Crippen molar-refractivity contribution in [2.45, 2.75) is 13.3 Å². The van der Waals surface area contributed by atoms with Crippen molar-refractivity contribution in [3.8, 4) is 11.8 Å². The molecule has 6 heteroatoms. The molecule has 0 saturated heterocycles. The number of allylic oxidation sites excluding steroid dienone is 1. The number of rotatable bonds is 6. The molecular formula is C19H16N2O4. The highest BCUT2D eigenvalue weighted by Crippen LogP contribution is 2.25. The van der Waals surface area contributed by atoms with Gasteiger partial charge in [0.1, 0.15) is 17.4 Å². The predicted octanol–water partition coefficient (Wildman–Crippen LogP) is 3.96. The molecule has 0 bridgehead atoms. The Morgan fingerprint density at radius 2 is 2.04 bits per heavy atom. The minimum Gasteiger partial charge on any atom is -0.496 e. The standard InChI is InChI=1S/C19H16N2O4/c1-3-14-9-8-13(11-17(14)21(23)24)10-15(12-20)19(22)16-6-4-5-7-18(16)25-2/h4-11H,3H2,1-2H3/b15-10+. The van der Waals surface area contributed by atoms with Crippen LogP contribution in [-0.4, -0.2) is 17.8 Å². The zero-order valence-electron chi connectivity index (χ0n) is 13.9. The smallest absolute Gasteiger partial charge is 0.273 e. The summed E-state index contributed by atoms with van der Waals surface area (Å²) < 4.78 is 5.15. The number of nitro benzene ring substituents is 1. The highest BCUT2D eigenvalue weighted by molar-refractivity contribution is 6.15. The van der Waals surface area contributed by atoms with Gasteiger partial charge in [-0.1, -0.05) is 31.2 Å². The van der Waals surface area contributed by atoms with Crippen LogP contribution in [0.1, 0.15) is 28.4 Å². The van der Waals surface area contributed by atoms with E-state index in [1.807, 2.05) is 13.0 Å². The quantitative estimate of drug-likeness (QED) is 0.262. The van der Waals surface area contributed by atoms with Gasteiger partial charge in [-0.2, -0.15) is 5.26 Å². The van der Waals surface area contributed by atoms with Gasteiger partial charge in [-0.05, 0) is 30.2 Å². The third-order valence-corrected chi connectivity index (χ3v) is 3.71. The Labute approximate surface area is 145 Å². The molecule has 2 aromatic carbocycles. The van der Waals surface area contributed by atoms with Crippen LogP contribution in [-0.2, 0) is 6.42 Å². The van der Waals surface area contributed by atoms with E-state index >= 15 is 0 Å². The molecule has 0 atom stereocenters. The molecule has 0 aliphatic carbocycles. The van der Waals surface area contributed by atoms with Gasteiger partial charge in [0.15, 0.2) is 0 Å². The first kappa shape index (κ1) is 17.9. The molecule has 25 heavy (non-hydrogen) atoms. The predicted molar refractivity (Wildman–Crippen MR) is 93.4 cm³/mol. The van der Waals surface area contributed by atoms with Gasteiger partial charge in [0, 0.05) is 11.6 Å². The van der Waals surface area contributed by atoms with E-state index in [0.29, 0.717) is 23.3 Å². The van der Waals surface area contributed by atoms with Gasteiger partial charge in [-0.15, -0.1) is 0 Å². The Morgan fingerprint density at radius 1 is 1.32 bits per heavy atom. The van der Waals surface area contributed by atoms with E-state index in [4.69, 9.17) is 4.74 Å². The van der Waals surface area contributed by atoms with E-state index in [1.165, 1.54) is 19.3 Å². The number of aryl methyl sites for hydroxylation is 1. The minimum atomic E-state index is -0.498. The van der Waals surface area contributed by atoms with E-state index in [9.17, 15) is 20.2 Å². The zero-order chi connectivity index (χ0) is 18.4. The van der Waals surface area contributed by atoms with Gasteiger partial charge in [0.2, 0.25) is 5.78 Å². The summed E-state index contributed by atoms with van der Waals surface area (Å²) in [4.78, 5) is 23.3. The SMILES string of the molecule is CCc1ccc(/C=C(\C#N)C(=O)c2ccccc2OC)cc1[N+](=O)[O-].